The van der Waals surface area contributed by atoms with E-state index in [1.54, 1.807) is 0 Å². The summed E-state index contributed by atoms with van der Waals surface area (Å²) in [7, 11) is 1.07. The third-order valence-electron chi connectivity index (χ3n) is 4.19. The molecule has 0 N–H and O–H groups in total. The molecule has 0 atom stereocenters. The second kappa shape index (κ2) is 11.3. The van der Waals surface area contributed by atoms with Crippen molar-refractivity contribution in [3.63, 3.8) is 0 Å². The molecule has 2 aromatic carbocycles. The zero-order valence-corrected chi connectivity index (χ0v) is 18.0. The molecule has 0 radical (unpaired) electrons. The summed E-state index contributed by atoms with van der Waals surface area (Å²) in [6.07, 6.45) is -0.768. The molecule has 0 bridgehead atoms. The van der Waals surface area contributed by atoms with Crippen LogP contribution in [0.3, 0.4) is 0 Å². The van der Waals surface area contributed by atoms with Gasteiger partial charge in [-0.1, -0.05) is 17.3 Å². The average Bonchev–Trinajstić information content (AvgIpc) is 2.71. The van der Waals surface area contributed by atoms with E-state index in [0.29, 0.717) is 12.4 Å². The predicted octanol–water partition coefficient (Wildman–Crippen LogP) is 5.63. The Kier molecular flexibility index (Phi) is 8.78. The lowest BCUT2D eigenvalue weighted by molar-refractivity contribution is -0.0608. The molecule has 5 nitrogen and oxygen atoms in total. The van der Waals surface area contributed by atoms with Gasteiger partial charge in [0.2, 0.25) is 0 Å². The molecule has 0 unspecified atom stereocenters. The maximum atomic E-state index is 13.0. The lowest BCUT2D eigenvalue weighted by atomic mass is 10.1. The van der Waals surface area contributed by atoms with Crippen LogP contribution in [-0.4, -0.2) is 38.8 Å². The van der Waals surface area contributed by atoms with Crippen molar-refractivity contribution in [2.45, 2.75) is 26.9 Å². The molecule has 8 heteroatoms. The molecule has 0 aromatic heterocycles. The van der Waals surface area contributed by atoms with E-state index in [1.165, 1.54) is 24.3 Å². The molecule has 168 valence electrons. The first-order chi connectivity index (χ1) is 14.8. The first kappa shape index (κ1) is 24.1. The van der Waals surface area contributed by atoms with Gasteiger partial charge in [0.1, 0.15) is 44.2 Å². The molecule has 0 amide bonds. The average molecular weight is 437 g/mol. The highest BCUT2D eigenvalue weighted by Gasteiger charge is 2.37. The number of hydrogen-bond donors (Lipinski definition) is 0. The molecule has 0 spiro atoms. The lowest BCUT2D eigenvalue weighted by Gasteiger charge is -2.15. The summed E-state index contributed by atoms with van der Waals surface area (Å²) in [5, 5.41) is 3.07. The van der Waals surface area contributed by atoms with Crippen molar-refractivity contribution in [3.05, 3.63) is 65.2 Å². The minimum Gasteiger partial charge on any atom is -0.490 e. The van der Waals surface area contributed by atoms with Gasteiger partial charge in [-0.05, 0) is 68.3 Å². The van der Waals surface area contributed by atoms with E-state index in [2.05, 4.69) is 9.99 Å². The summed E-state index contributed by atoms with van der Waals surface area (Å²) in [4.78, 5) is 4.30. The SMILES string of the molecule is C/C=C/COc1cc(C)c(OCCOc2ccc(/C(=N/OC)C(F)(F)F)cc2)c(C)c1. The number of ether oxygens (including phenoxy) is 3. The number of oxime groups is 1. The van der Waals surface area contributed by atoms with Crippen LogP contribution in [0.25, 0.3) is 0 Å². The number of aryl methyl sites for hydroxylation is 2. The molecular weight excluding hydrogens is 411 g/mol. The smallest absolute Gasteiger partial charge is 0.437 e. The van der Waals surface area contributed by atoms with Crippen LogP contribution in [-0.2, 0) is 4.84 Å². The van der Waals surface area contributed by atoms with Gasteiger partial charge in [-0.3, -0.25) is 0 Å². The van der Waals surface area contributed by atoms with Crippen molar-refractivity contribution in [1.82, 2.24) is 0 Å². The van der Waals surface area contributed by atoms with E-state index < -0.39 is 11.9 Å². The highest BCUT2D eigenvalue weighted by Crippen LogP contribution is 2.29. The summed E-state index contributed by atoms with van der Waals surface area (Å²) in [5.41, 5.74) is 0.670. The largest absolute Gasteiger partial charge is 0.490 e. The fraction of sp³-hybridized carbons (Fsp3) is 0.348. The minimum atomic E-state index is -4.62. The Morgan fingerprint density at radius 1 is 0.935 bits per heavy atom. The second-order valence-corrected chi connectivity index (χ2v) is 6.61. The topological polar surface area (TPSA) is 49.3 Å². The quantitative estimate of drug-likeness (QED) is 0.209. The summed E-state index contributed by atoms with van der Waals surface area (Å²) in [5.74, 6) is 1.95. The second-order valence-electron chi connectivity index (χ2n) is 6.61. The van der Waals surface area contributed by atoms with Crippen LogP contribution < -0.4 is 14.2 Å². The number of allylic oxidation sites excluding steroid dienone is 1. The number of benzene rings is 2. The summed E-state index contributed by atoms with van der Waals surface area (Å²) in [6.45, 7) is 6.82. The Morgan fingerprint density at radius 3 is 2.10 bits per heavy atom. The van der Waals surface area contributed by atoms with Crippen molar-refractivity contribution < 1.29 is 32.2 Å². The highest BCUT2D eigenvalue weighted by molar-refractivity contribution is 6.04. The van der Waals surface area contributed by atoms with Crippen LogP contribution in [0.4, 0.5) is 13.2 Å². The molecule has 0 saturated carbocycles. The number of rotatable bonds is 10. The molecule has 0 aliphatic heterocycles. The zero-order chi connectivity index (χ0) is 22.9. The van der Waals surface area contributed by atoms with Gasteiger partial charge in [-0.15, -0.1) is 0 Å². The molecule has 0 heterocycles. The van der Waals surface area contributed by atoms with Crippen LogP contribution >= 0.6 is 0 Å². The van der Waals surface area contributed by atoms with E-state index >= 15 is 0 Å². The van der Waals surface area contributed by atoms with Gasteiger partial charge in [-0.25, -0.2) is 0 Å². The van der Waals surface area contributed by atoms with Crippen molar-refractivity contribution >= 4 is 5.71 Å². The Bertz CT molecular complexity index is 883. The third-order valence-corrected chi connectivity index (χ3v) is 4.19. The Labute approximate surface area is 180 Å². The first-order valence-corrected chi connectivity index (χ1v) is 9.65. The van der Waals surface area contributed by atoms with Crippen LogP contribution in [0, 0.1) is 13.8 Å². The number of hydrogen-bond acceptors (Lipinski definition) is 5. The monoisotopic (exact) mass is 437 g/mol. The zero-order valence-electron chi connectivity index (χ0n) is 18.0. The maximum Gasteiger partial charge on any atom is 0.437 e. The third kappa shape index (κ3) is 7.24. The molecule has 0 saturated heterocycles. The Hall–Kier alpha value is -3.16. The van der Waals surface area contributed by atoms with Gasteiger partial charge in [0.05, 0.1) is 0 Å². The predicted molar refractivity (Wildman–Crippen MR) is 113 cm³/mol. The summed E-state index contributed by atoms with van der Waals surface area (Å²) >= 11 is 0. The van der Waals surface area contributed by atoms with Crippen molar-refractivity contribution in [1.29, 1.82) is 0 Å². The van der Waals surface area contributed by atoms with Gasteiger partial charge < -0.3 is 19.0 Å². The summed E-state index contributed by atoms with van der Waals surface area (Å²) < 4.78 is 56.1. The molecule has 0 aliphatic carbocycles. The molecule has 0 fully saturated rings. The van der Waals surface area contributed by atoms with Crippen LogP contribution in [0.15, 0.2) is 53.7 Å². The first-order valence-electron chi connectivity index (χ1n) is 9.65. The van der Waals surface area contributed by atoms with Gasteiger partial charge in [0.25, 0.3) is 0 Å². The maximum absolute atomic E-state index is 13.0. The molecular formula is C23H26F3NO4. The van der Waals surface area contributed by atoms with Gasteiger partial charge >= 0.3 is 6.18 Å². The highest BCUT2D eigenvalue weighted by atomic mass is 19.4. The number of halogens is 3. The number of nitrogens with zero attached hydrogens (tertiary/aromatic N) is 1. The van der Waals surface area contributed by atoms with Gasteiger partial charge in [0, 0.05) is 5.56 Å². The molecule has 0 aliphatic rings. The molecule has 31 heavy (non-hydrogen) atoms. The fourth-order valence-corrected chi connectivity index (χ4v) is 2.83. The summed E-state index contributed by atoms with van der Waals surface area (Å²) in [6, 6.07) is 9.26. The molecule has 2 rings (SSSR count). The van der Waals surface area contributed by atoms with Crippen molar-refractivity contribution in [2.24, 2.45) is 5.16 Å². The van der Waals surface area contributed by atoms with Crippen molar-refractivity contribution in [3.8, 4) is 17.2 Å². The molecule has 2 aromatic rings. The normalized spacial score (nSPS) is 12.2. The van der Waals surface area contributed by atoms with Gasteiger partial charge in [0.15, 0.2) is 5.71 Å². The van der Waals surface area contributed by atoms with E-state index in [9.17, 15) is 13.2 Å². The van der Waals surface area contributed by atoms with Crippen LogP contribution in [0.5, 0.6) is 17.2 Å². The fourth-order valence-electron chi connectivity index (χ4n) is 2.83. The van der Waals surface area contributed by atoms with E-state index in [-0.39, 0.29) is 18.8 Å². The van der Waals surface area contributed by atoms with Crippen LogP contribution in [0.1, 0.15) is 23.6 Å². The van der Waals surface area contributed by atoms with Crippen molar-refractivity contribution in [2.75, 3.05) is 26.9 Å². The van der Waals surface area contributed by atoms with Crippen LogP contribution in [0.2, 0.25) is 0 Å². The Morgan fingerprint density at radius 2 is 1.55 bits per heavy atom. The number of alkyl halides is 3. The lowest BCUT2D eigenvalue weighted by Crippen LogP contribution is -2.24. The Balaban J connectivity index is 1.91. The minimum absolute atomic E-state index is 0.110. The van der Waals surface area contributed by atoms with E-state index in [0.717, 1.165) is 29.7 Å². The van der Waals surface area contributed by atoms with E-state index in [1.807, 2.05) is 45.1 Å². The standard InChI is InChI=1S/C23H26F3NO4/c1-5-6-11-29-20-14-16(2)21(17(3)15-20)31-13-12-30-19-9-7-18(8-10-19)22(27-28-4)23(24,25)26/h5-10,14-15H,11-13H2,1-4H3/b6-5+,27-22-. The van der Waals surface area contributed by atoms with Gasteiger partial charge in [-0.2, -0.15) is 13.2 Å². The van der Waals surface area contributed by atoms with E-state index in [4.69, 9.17) is 14.2 Å².